The number of likely N-dealkylation sites (tertiary alicyclic amines) is 1. The van der Waals surface area contributed by atoms with Crippen molar-refractivity contribution in [1.82, 2.24) is 19.9 Å². The lowest BCUT2D eigenvalue weighted by atomic mass is 9.99. The molecule has 0 saturated carbocycles. The number of rotatable bonds is 5. The van der Waals surface area contributed by atoms with Gasteiger partial charge in [0.25, 0.3) is 5.91 Å². The highest BCUT2D eigenvalue weighted by molar-refractivity contribution is 6.31. The number of carbonyl (C=O) groups excluding carboxylic acids is 1. The van der Waals surface area contributed by atoms with Crippen molar-refractivity contribution in [2.45, 2.75) is 31.7 Å². The summed E-state index contributed by atoms with van der Waals surface area (Å²) in [6, 6.07) is 6.40. The largest absolute Gasteiger partial charge is 0.396 e. The predicted molar refractivity (Wildman–Crippen MR) is 117 cm³/mol. The Kier molecular flexibility index (Phi) is 6.20. The van der Waals surface area contributed by atoms with Crippen LogP contribution in [0.4, 0.5) is 10.3 Å². The van der Waals surface area contributed by atoms with Gasteiger partial charge < -0.3 is 20.7 Å². The Labute approximate surface area is 184 Å². The van der Waals surface area contributed by atoms with Gasteiger partial charge in [0, 0.05) is 48.3 Å². The van der Waals surface area contributed by atoms with Gasteiger partial charge in [0.05, 0.1) is 10.7 Å². The molecule has 1 atom stereocenters. The molecule has 2 aromatic heterocycles. The summed E-state index contributed by atoms with van der Waals surface area (Å²) in [5.41, 5.74) is 7.84. The van der Waals surface area contributed by atoms with Crippen LogP contribution in [0.15, 0.2) is 36.7 Å². The summed E-state index contributed by atoms with van der Waals surface area (Å²) in [6.45, 7) is 0.691. The monoisotopic (exact) mass is 443 g/mol. The second kappa shape index (κ2) is 9.03. The molecule has 3 heterocycles. The summed E-state index contributed by atoms with van der Waals surface area (Å²) in [5.74, 6) is -0.679. The number of aliphatic hydroxyl groups excluding tert-OH is 1. The lowest BCUT2D eigenvalue weighted by Crippen LogP contribution is -2.44. The SMILES string of the molecule is Nc1ncc(-c2cccc(Cl)c2F)c(-c2c[nH]c(C(=O)N3CCCCC3CCO)c2)n1. The zero-order chi connectivity index (χ0) is 22.0. The maximum atomic E-state index is 14.7. The average molecular weight is 444 g/mol. The number of nitrogens with zero attached hydrogens (tertiary/aromatic N) is 3. The fourth-order valence-electron chi connectivity index (χ4n) is 4.05. The number of H-pyrrole nitrogens is 1. The minimum absolute atomic E-state index is 0.00904. The molecule has 31 heavy (non-hydrogen) atoms. The van der Waals surface area contributed by atoms with E-state index in [-0.39, 0.29) is 35.1 Å². The molecule has 1 unspecified atom stereocenters. The highest BCUT2D eigenvalue weighted by Crippen LogP contribution is 2.35. The van der Waals surface area contributed by atoms with Crippen LogP contribution >= 0.6 is 11.6 Å². The van der Waals surface area contributed by atoms with Gasteiger partial charge in [-0.3, -0.25) is 4.79 Å². The van der Waals surface area contributed by atoms with Crippen LogP contribution < -0.4 is 5.73 Å². The average Bonchev–Trinajstić information content (AvgIpc) is 3.26. The summed E-state index contributed by atoms with van der Waals surface area (Å²) in [5, 5.41) is 9.33. The molecule has 0 aliphatic carbocycles. The minimum atomic E-state index is -0.578. The van der Waals surface area contributed by atoms with Gasteiger partial charge in [0.1, 0.15) is 11.5 Å². The smallest absolute Gasteiger partial charge is 0.270 e. The zero-order valence-electron chi connectivity index (χ0n) is 16.8. The third-order valence-electron chi connectivity index (χ3n) is 5.59. The Morgan fingerprint density at radius 2 is 2.19 bits per heavy atom. The van der Waals surface area contributed by atoms with Crippen LogP contribution in [0.5, 0.6) is 0 Å². The number of nitrogens with one attached hydrogen (secondary N) is 1. The van der Waals surface area contributed by atoms with Gasteiger partial charge in [0.15, 0.2) is 0 Å². The van der Waals surface area contributed by atoms with Crippen LogP contribution in [-0.4, -0.2) is 50.1 Å². The first-order chi connectivity index (χ1) is 15.0. The highest BCUT2D eigenvalue weighted by Gasteiger charge is 2.28. The molecule has 1 fully saturated rings. The fraction of sp³-hybridized carbons (Fsp3) is 0.318. The van der Waals surface area contributed by atoms with E-state index in [4.69, 9.17) is 17.3 Å². The molecule has 1 aliphatic heterocycles. The molecule has 1 saturated heterocycles. The van der Waals surface area contributed by atoms with Crippen molar-refractivity contribution in [2.24, 2.45) is 0 Å². The number of carbonyl (C=O) groups is 1. The Morgan fingerprint density at radius 3 is 3.00 bits per heavy atom. The first-order valence-electron chi connectivity index (χ1n) is 10.2. The molecule has 1 aromatic carbocycles. The van der Waals surface area contributed by atoms with Gasteiger partial charge in [-0.05, 0) is 37.8 Å². The molecule has 0 bridgehead atoms. The molecule has 7 nitrogen and oxygen atoms in total. The lowest BCUT2D eigenvalue weighted by molar-refractivity contribution is 0.0569. The number of anilines is 1. The molecule has 4 N–H and O–H groups in total. The number of hydrogen-bond acceptors (Lipinski definition) is 5. The summed E-state index contributed by atoms with van der Waals surface area (Å²) in [7, 11) is 0. The van der Waals surface area contributed by atoms with Crippen LogP contribution in [-0.2, 0) is 0 Å². The van der Waals surface area contributed by atoms with Crippen molar-refractivity contribution in [3.8, 4) is 22.4 Å². The van der Waals surface area contributed by atoms with E-state index in [1.165, 1.54) is 12.3 Å². The van der Waals surface area contributed by atoms with Crippen molar-refractivity contribution in [2.75, 3.05) is 18.9 Å². The van der Waals surface area contributed by atoms with Crippen LogP contribution in [0, 0.1) is 5.82 Å². The number of aliphatic hydroxyl groups is 1. The van der Waals surface area contributed by atoms with E-state index in [0.29, 0.717) is 35.5 Å². The van der Waals surface area contributed by atoms with Crippen molar-refractivity contribution in [1.29, 1.82) is 0 Å². The summed E-state index contributed by atoms with van der Waals surface area (Å²) >= 11 is 5.95. The second-order valence-corrected chi connectivity index (χ2v) is 7.96. The molecule has 0 spiro atoms. The number of nitrogen functional groups attached to an aromatic ring is 1. The predicted octanol–water partition coefficient (Wildman–Crippen LogP) is 3.89. The Morgan fingerprint density at radius 1 is 1.35 bits per heavy atom. The fourth-order valence-corrected chi connectivity index (χ4v) is 4.23. The number of amides is 1. The number of nitrogens with two attached hydrogens (primary N) is 1. The topological polar surface area (TPSA) is 108 Å². The van der Waals surface area contributed by atoms with E-state index in [1.807, 2.05) is 0 Å². The standard InChI is InChI=1S/C22H23ClFN5O2/c23-17-6-3-5-15(19(17)24)16-12-27-22(25)28-20(16)13-10-18(26-11-13)21(31)29-8-2-1-4-14(29)7-9-30/h3,5-6,10-12,14,26,30H,1-2,4,7-9H2,(H2,25,27,28). The van der Waals surface area contributed by atoms with Gasteiger partial charge in [-0.25, -0.2) is 14.4 Å². The second-order valence-electron chi connectivity index (χ2n) is 7.55. The Hall–Kier alpha value is -2.97. The van der Waals surface area contributed by atoms with E-state index < -0.39 is 5.82 Å². The van der Waals surface area contributed by atoms with Crippen molar-refractivity contribution >= 4 is 23.5 Å². The first kappa shape index (κ1) is 21.3. The number of aromatic nitrogens is 3. The molecule has 9 heteroatoms. The van der Waals surface area contributed by atoms with Gasteiger partial charge in [-0.15, -0.1) is 0 Å². The van der Waals surface area contributed by atoms with E-state index >= 15 is 0 Å². The van der Waals surface area contributed by atoms with E-state index in [9.17, 15) is 14.3 Å². The summed E-state index contributed by atoms with van der Waals surface area (Å²) in [4.78, 5) is 26.3. The minimum Gasteiger partial charge on any atom is -0.396 e. The molecule has 0 radical (unpaired) electrons. The quantitative estimate of drug-likeness (QED) is 0.554. The van der Waals surface area contributed by atoms with Gasteiger partial charge >= 0.3 is 0 Å². The number of piperidine rings is 1. The van der Waals surface area contributed by atoms with Crippen molar-refractivity contribution in [3.05, 3.63) is 53.2 Å². The first-order valence-corrected chi connectivity index (χ1v) is 10.5. The van der Waals surface area contributed by atoms with Crippen molar-refractivity contribution in [3.63, 3.8) is 0 Å². The maximum absolute atomic E-state index is 14.7. The number of aromatic amines is 1. The van der Waals surface area contributed by atoms with E-state index in [2.05, 4.69) is 15.0 Å². The van der Waals surface area contributed by atoms with Gasteiger partial charge in [-0.1, -0.05) is 23.7 Å². The van der Waals surface area contributed by atoms with Gasteiger partial charge in [0.2, 0.25) is 5.95 Å². The van der Waals surface area contributed by atoms with Crippen LogP contribution in [0.1, 0.15) is 36.2 Å². The van der Waals surface area contributed by atoms with Crippen molar-refractivity contribution < 1.29 is 14.3 Å². The molecule has 3 aromatic rings. The molecule has 1 amide bonds. The highest BCUT2D eigenvalue weighted by atomic mass is 35.5. The van der Waals surface area contributed by atoms with Crippen LogP contribution in [0.2, 0.25) is 5.02 Å². The number of benzene rings is 1. The lowest BCUT2D eigenvalue weighted by Gasteiger charge is -2.35. The zero-order valence-corrected chi connectivity index (χ0v) is 17.6. The molecule has 4 rings (SSSR count). The van der Waals surface area contributed by atoms with Gasteiger partial charge in [-0.2, -0.15) is 0 Å². The molecular formula is C22H23ClFN5O2. The van der Waals surface area contributed by atoms with E-state index in [1.54, 1.807) is 29.3 Å². The Balaban J connectivity index is 1.70. The molecule has 162 valence electrons. The Bertz CT molecular complexity index is 1100. The molecule has 1 aliphatic rings. The number of halogens is 2. The summed E-state index contributed by atoms with van der Waals surface area (Å²) in [6.07, 6.45) is 6.50. The summed E-state index contributed by atoms with van der Waals surface area (Å²) < 4.78 is 14.7. The molecular weight excluding hydrogens is 421 g/mol. The number of hydrogen-bond donors (Lipinski definition) is 3. The normalized spacial score (nSPS) is 16.5. The van der Waals surface area contributed by atoms with Crippen LogP contribution in [0.25, 0.3) is 22.4 Å². The van der Waals surface area contributed by atoms with Crippen LogP contribution in [0.3, 0.4) is 0 Å². The maximum Gasteiger partial charge on any atom is 0.270 e. The third kappa shape index (κ3) is 4.26. The third-order valence-corrected chi connectivity index (χ3v) is 5.88. The van der Waals surface area contributed by atoms with E-state index in [0.717, 1.165) is 19.3 Å².